The van der Waals surface area contributed by atoms with Crippen LogP contribution in [0.3, 0.4) is 0 Å². The van der Waals surface area contributed by atoms with Crippen molar-refractivity contribution in [3.05, 3.63) is 45.3 Å². The van der Waals surface area contributed by atoms with Gasteiger partial charge in [-0.3, -0.25) is 9.80 Å². The van der Waals surface area contributed by atoms with Gasteiger partial charge < -0.3 is 4.42 Å². The fourth-order valence-corrected chi connectivity index (χ4v) is 4.24. The maximum absolute atomic E-state index is 11.9. The third kappa shape index (κ3) is 3.01. The van der Waals surface area contributed by atoms with E-state index in [-0.39, 0.29) is 5.63 Å². The number of fused-ring (bicyclic) bond motifs is 1. The Morgan fingerprint density at radius 2 is 1.83 bits per heavy atom. The van der Waals surface area contributed by atoms with Gasteiger partial charge in [-0.05, 0) is 62.5 Å². The van der Waals surface area contributed by atoms with E-state index in [1.165, 1.54) is 37.9 Å². The van der Waals surface area contributed by atoms with Gasteiger partial charge in [0.1, 0.15) is 5.58 Å². The van der Waals surface area contributed by atoms with Crippen LogP contribution in [0.4, 0.5) is 0 Å². The highest BCUT2D eigenvalue weighted by Crippen LogP contribution is 2.26. The lowest BCUT2D eigenvalue weighted by Crippen LogP contribution is -2.59. The van der Waals surface area contributed by atoms with Crippen molar-refractivity contribution in [2.45, 2.75) is 45.7 Å². The predicted molar refractivity (Wildman–Crippen MR) is 96.4 cm³/mol. The monoisotopic (exact) mass is 326 g/mol. The Labute approximate surface area is 143 Å². The summed E-state index contributed by atoms with van der Waals surface area (Å²) in [6.45, 7) is 9.70. The van der Waals surface area contributed by atoms with Crippen molar-refractivity contribution in [3.63, 3.8) is 0 Å². The Bertz CT molecular complexity index is 799. The number of aryl methyl sites for hydroxylation is 2. The highest BCUT2D eigenvalue weighted by molar-refractivity contribution is 5.83. The van der Waals surface area contributed by atoms with Crippen LogP contribution >= 0.6 is 0 Å². The van der Waals surface area contributed by atoms with Crippen LogP contribution < -0.4 is 5.63 Å². The summed E-state index contributed by atoms with van der Waals surface area (Å²) >= 11 is 0. The van der Waals surface area contributed by atoms with Gasteiger partial charge in [0.25, 0.3) is 0 Å². The van der Waals surface area contributed by atoms with Gasteiger partial charge in [-0.2, -0.15) is 0 Å². The highest BCUT2D eigenvalue weighted by atomic mass is 16.4. The first-order valence-electron chi connectivity index (χ1n) is 9.10. The molecule has 0 unspecified atom stereocenters. The molecule has 4 heteroatoms. The number of nitrogens with zero attached hydrogens (tertiary/aromatic N) is 2. The van der Waals surface area contributed by atoms with Crippen molar-refractivity contribution in [1.29, 1.82) is 0 Å². The Hall–Kier alpha value is -1.65. The predicted octanol–water partition coefficient (Wildman–Crippen LogP) is 3.08. The van der Waals surface area contributed by atoms with Crippen LogP contribution in [0, 0.1) is 13.8 Å². The fraction of sp³-hybridized carbons (Fsp3) is 0.550. The van der Waals surface area contributed by atoms with E-state index in [0.29, 0.717) is 6.04 Å². The summed E-state index contributed by atoms with van der Waals surface area (Å²) in [5, 5.41) is 1.09. The quantitative estimate of drug-likeness (QED) is 0.812. The number of hydrogen-bond donors (Lipinski definition) is 0. The largest absolute Gasteiger partial charge is 0.422 e. The molecule has 2 aliphatic heterocycles. The topological polar surface area (TPSA) is 36.7 Å². The molecule has 2 aromatic rings. The second-order valence-corrected chi connectivity index (χ2v) is 7.49. The SMILES string of the molecule is Cc1cc(C)c2oc(=O)cc(CN3CC(N4CCCCC4)C3)c2c1. The second-order valence-electron chi connectivity index (χ2n) is 7.49. The van der Waals surface area contributed by atoms with Crippen molar-refractivity contribution >= 4 is 11.0 Å². The summed E-state index contributed by atoms with van der Waals surface area (Å²) in [6, 6.07) is 6.60. The first kappa shape index (κ1) is 15.9. The smallest absolute Gasteiger partial charge is 0.336 e. The van der Waals surface area contributed by atoms with Crippen LogP contribution in [-0.4, -0.2) is 42.0 Å². The minimum absolute atomic E-state index is 0.238. The van der Waals surface area contributed by atoms with Gasteiger partial charge in [0, 0.05) is 37.1 Å². The normalized spacial score (nSPS) is 20.4. The molecule has 0 amide bonds. The van der Waals surface area contributed by atoms with Gasteiger partial charge in [-0.15, -0.1) is 0 Å². The molecule has 0 saturated carbocycles. The van der Waals surface area contributed by atoms with E-state index in [1.54, 1.807) is 6.07 Å². The zero-order chi connectivity index (χ0) is 16.7. The molecule has 0 N–H and O–H groups in total. The minimum Gasteiger partial charge on any atom is -0.422 e. The maximum Gasteiger partial charge on any atom is 0.336 e. The molecule has 0 radical (unpaired) electrons. The van der Waals surface area contributed by atoms with Crippen molar-refractivity contribution in [2.75, 3.05) is 26.2 Å². The van der Waals surface area contributed by atoms with Gasteiger partial charge in [-0.25, -0.2) is 4.79 Å². The average molecular weight is 326 g/mol. The molecule has 2 saturated heterocycles. The van der Waals surface area contributed by atoms with Gasteiger partial charge in [-0.1, -0.05) is 12.5 Å². The molecule has 4 rings (SSSR count). The van der Waals surface area contributed by atoms with Crippen LogP contribution in [0.2, 0.25) is 0 Å². The Kier molecular flexibility index (Phi) is 4.19. The van der Waals surface area contributed by atoms with Crippen molar-refractivity contribution in [2.24, 2.45) is 0 Å². The third-order valence-corrected chi connectivity index (χ3v) is 5.50. The van der Waals surface area contributed by atoms with E-state index in [9.17, 15) is 4.79 Å². The molecule has 0 atom stereocenters. The lowest BCUT2D eigenvalue weighted by atomic mass is 9.99. The highest BCUT2D eigenvalue weighted by Gasteiger charge is 2.32. The summed E-state index contributed by atoms with van der Waals surface area (Å²) in [7, 11) is 0. The maximum atomic E-state index is 11.9. The average Bonchev–Trinajstić information content (AvgIpc) is 2.52. The lowest BCUT2D eigenvalue weighted by molar-refractivity contribution is 0.0187. The Morgan fingerprint density at radius 1 is 1.08 bits per heavy atom. The molecular formula is C20H26N2O2. The van der Waals surface area contributed by atoms with Crippen molar-refractivity contribution < 1.29 is 4.42 Å². The molecule has 0 bridgehead atoms. The molecule has 2 fully saturated rings. The molecule has 0 aliphatic carbocycles. The zero-order valence-corrected chi connectivity index (χ0v) is 14.7. The van der Waals surface area contributed by atoms with Crippen LogP contribution in [0.25, 0.3) is 11.0 Å². The number of piperidine rings is 1. The second kappa shape index (κ2) is 6.34. The van der Waals surface area contributed by atoms with Crippen LogP contribution in [-0.2, 0) is 6.54 Å². The van der Waals surface area contributed by atoms with E-state index in [2.05, 4.69) is 28.9 Å². The summed E-state index contributed by atoms with van der Waals surface area (Å²) in [5.41, 5.74) is 3.86. The fourth-order valence-electron chi connectivity index (χ4n) is 4.24. The summed E-state index contributed by atoms with van der Waals surface area (Å²) < 4.78 is 5.46. The standard InChI is InChI=1S/C20H26N2O2/c1-14-8-15(2)20-18(9-14)16(10-19(23)24-20)11-21-12-17(13-21)22-6-4-3-5-7-22/h8-10,17H,3-7,11-13H2,1-2H3. The Balaban J connectivity index is 1.52. The minimum atomic E-state index is -0.238. The van der Waals surface area contributed by atoms with Crippen molar-refractivity contribution in [1.82, 2.24) is 9.80 Å². The number of benzene rings is 1. The third-order valence-electron chi connectivity index (χ3n) is 5.50. The molecule has 2 aliphatic rings. The van der Waals surface area contributed by atoms with E-state index < -0.39 is 0 Å². The molecular weight excluding hydrogens is 300 g/mol. The molecule has 1 aromatic heterocycles. The number of rotatable bonds is 3. The van der Waals surface area contributed by atoms with Gasteiger partial charge in [0.05, 0.1) is 0 Å². The Morgan fingerprint density at radius 3 is 2.58 bits per heavy atom. The van der Waals surface area contributed by atoms with Crippen LogP contribution in [0.5, 0.6) is 0 Å². The lowest BCUT2D eigenvalue weighted by Gasteiger charge is -2.46. The summed E-state index contributed by atoms with van der Waals surface area (Å²) in [4.78, 5) is 17.0. The molecule has 3 heterocycles. The summed E-state index contributed by atoms with van der Waals surface area (Å²) in [5.74, 6) is 0. The molecule has 0 spiro atoms. The molecule has 128 valence electrons. The van der Waals surface area contributed by atoms with Gasteiger partial charge >= 0.3 is 5.63 Å². The van der Waals surface area contributed by atoms with Gasteiger partial charge in [0.2, 0.25) is 0 Å². The molecule has 4 nitrogen and oxygen atoms in total. The van der Waals surface area contributed by atoms with E-state index in [1.807, 2.05) is 6.92 Å². The number of likely N-dealkylation sites (tertiary alicyclic amines) is 2. The van der Waals surface area contributed by atoms with E-state index in [0.717, 1.165) is 41.7 Å². The number of hydrogen-bond acceptors (Lipinski definition) is 4. The van der Waals surface area contributed by atoms with Gasteiger partial charge in [0.15, 0.2) is 0 Å². The molecule has 24 heavy (non-hydrogen) atoms. The van der Waals surface area contributed by atoms with Crippen LogP contribution in [0.15, 0.2) is 27.4 Å². The van der Waals surface area contributed by atoms with E-state index >= 15 is 0 Å². The first-order chi connectivity index (χ1) is 11.6. The van der Waals surface area contributed by atoms with Crippen molar-refractivity contribution in [3.8, 4) is 0 Å². The summed E-state index contributed by atoms with van der Waals surface area (Å²) in [6.07, 6.45) is 4.08. The zero-order valence-electron chi connectivity index (χ0n) is 14.7. The van der Waals surface area contributed by atoms with E-state index in [4.69, 9.17) is 4.42 Å². The first-order valence-corrected chi connectivity index (χ1v) is 9.10. The molecule has 1 aromatic carbocycles. The van der Waals surface area contributed by atoms with Crippen LogP contribution in [0.1, 0.15) is 36.0 Å².